The molecule has 0 atom stereocenters. The zero-order chi connectivity index (χ0) is 20.4. The average molecular weight is 516 g/mol. The van der Waals surface area contributed by atoms with Crippen LogP contribution >= 0.6 is 31.9 Å². The lowest BCUT2D eigenvalue weighted by molar-refractivity contribution is -0.137. The molecule has 27 heavy (non-hydrogen) atoms. The van der Waals surface area contributed by atoms with Gasteiger partial charge >= 0.3 is 12.4 Å². The lowest BCUT2D eigenvalue weighted by atomic mass is 10.1. The van der Waals surface area contributed by atoms with E-state index in [1.807, 2.05) is 0 Å². The number of nitrogens with zero attached hydrogens (tertiary/aromatic N) is 1. The Morgan fingerprint density at radius 2 is 1.37 bits per heavy atom. The van der Waals surface area contributed by atoms with Gasteiger partial charge in [-0.15, -0.1) is 0 Å². The minimum absolute atomic E-state index is 0.0202. The van der Waals surface area contributed by atoms with Crippen molar-refractivity contribution in [3.05, 3.63) is 68.7 Å². The van der Waals surface area contributed by atoms with Crippen molar-refractivity contribution in [2.24, 2.45) is 0 Å². The smallest absolute Gasteiger partial charge is 0.398 e. The summed E-state index contributed by atoms with van der Waals surface area (Å²) in [5.74, 6) is 0. The molecule has 2 N–H and O–H groups in total. The molecule has 2 nitrogen and oxygen atoms in total. The maximum absolute atomic E-state index is 12.6. The molecule has 144 valence electrons. The Bertz CT molecular complexity index is 954. The summed E-state index contributed by atoms with van der Waals surface area (Å²) in [7, 11) is 0. The zero-order valence-electron chi connectivity index (χ0n) is 13.2. The molecule has 0 unspecified atom stereocenters. The third-order valence-corrected chi connectivity index (χ3v) is 4.25. The van der Waals surface area contributed by atoms with Crippen molar-refractivity contribution >= 4 is 48.5 Å². The highest BCUT2D eigenvalue weighted by Gasteiger charge is 2.34. The monoisotopic (exact) mass is 514 g/mol. The summed E-state index contributed by atoms with van der Waals surface area (Å²) in [5, 5.41) is 0.471. The first-order chi connectivity index (χ1) is 12.4. The molecular formula is C17H10Br2F6N2. The van der Waals surface area contributed by atoms with Crippen LogP contribution in [0.3, 0.4) is 0 Å². The molecule has 0 aliphatic heterocycles. The van der Waals surface area contributed by atoms with Gasteiger partial charge in [-0.3, -0.25) is 4.98 Å². The van der Waals surface area contributed by atoms with Crippen LogP contribution in [0.1, 0.15) is 11.1 Å². The third-order valence-electron chi connectivity index (χ3n) is 3.30. The molecule has 0 amide bonds. The Labute approximate surface area is 166 Å². The van der Waals surface area contributed by atoms with Gasteiger partial charge in [0.2, 0.25) is 0 Å². The van der Waals surface area contributed by atoms with E-state index in [2.05, 4.69) is 36.8 Å². The Morgan fingerprint density at radius 1 is 0.778 bits per heavy atom. The molecule has 0 aliphatic rings. The number of halogens is 8. The lowest BCUT2D eigenvalue weighted by Gasteiger charge is -2.09. The first kappa shape index (κ1) is 21.5. The van der Waals surface area contributed by atoms with Gasteiger partial charge in [-0.2, -0.15) is 26.3 Å². The molecule has 0 aliphatic carbocycles. The van der Waals surface area contributed by atoms with E-state index in [0.29, 0.717) is 14.3 Å². The van der Waals surface area contributed by atoms with Crippen LogP contribution in [0.15, 0.2) is 57.6 Å². The highest BCUT2D eigenvalue weighted by Crippen LogP contribution is 2.36. The lowest BCUT2D eigenvalue weighted by Crippen LogP contribution is -2.08. The highest BCUT2D eigenvalue weighted by atomic mass is 79.9. The molecule has 0 spiro atoms. The molecule has 0 bridgehead atoms. The molecular weight excluding hydrogens is 506 g/mol. The number of hydrogen-bond acceptors (Lipinski definition) is 2. The molecule has 2 aromatic carbocycles. The average Bonchev–Trinajstić information content (AvgIpc) is 2.55. The second-order valence-corrected chi connectivity index (χ2v) is 7.09. The molecule has 0 radical (unpaired) electrons. The van der Waals surface area contributed by atoms with Crippen molar-refractivity contribution in [2.75, 3.05) is 5.73 Å². The minimum atomic E-state index is -4.38. The Balaban J connectivity index is 0.000000199. The number of benzene rings is 2. The van der Waals surface area contributed by atoms with Gasteiger partial charge in [-0.05, 0) is 36.4 Å². The fourth-order valence-electron chi connectivity index (χ4n) is 2.15. The van der Waals surface area contributed by atoms with Crippen molar-refractivity contribution < 1.29 is 26.3 Å². The van der Waals surface area contributed by atoms with Gasteiger partial charge in [0.25, 0.3) is 0 Å². The van der Waals surface area contributed by atoms with Crippen molar-refractivity contribution in [3.8, 4) is 0 Å². The second-order valence-electron chi connectivity index (χ2n) is 5.26. The van der Waals surface area contributed by atoms with E-state index in [1.165, 1.54) is 18.3 Å². The van der Waals surface area contributed by atoms with Crippen LogP contribution in [-0.2, 0) is 12.4 Å². The molecule has 1 aromatic heterocycles. The van der Waals surface area contributed by atoms with Crippen LogP contribution < -0.4 is 5.73 Å². The maximum Gasteiger partial charge on any atom is 0.418 e. The van der Waals surface area contributed by atoms with Gasteiger partial charge in [0.15, 0.2) is 0 Å². The summed E-state index contributed by atoms with van der Waals surface area (Å²) in [4.78, 5) is 3.75. The van der Waals surface area contributed by atoms with Gasteiger partial charge in [0, 0.05) is 26.2 Å². The summed E-state index contributed by atoms with van der Waals surface area (Å²) in [6, 6.07) is 9.48. The maximum atomic E-state index is 12.6. The molecule has 0 saturated carbocycles. The van der Waals surface area contributed by atoms with E-state index in [9.17, 15) is 26.3 Å². The van der Waals surface area contributed by atoms with Gasteiger partial charge in [0.1, 0.15) is 0 Å². The van der Waals surface area contributed by atoms with Crippen molar-refractivity contribution in [2.45, 2.75) is 12.4 Å². The molecule has 3 rings (SSSR count). The van der Waals surface area contributed by atoms with Crippen LogP contribution in [0.5, 0.6) is 0 Å². The normalized spacial score (nSPS) is 11.9. The van der Waals surface area contributed by atoms with Gasteiger partial charge in [-0.1, -0.05) is 37.9 Å². The van der Waals surface area contributed by atoms with Crippen molar-refractivity contribution in [3.63, 3.8) is 0 Å². The third kappa shape index (κ3) is 5.58. The van der Waals surface area contributed by atoms with E-state index >= 15 is 0 Å². The van der Waals surface area contributed by atoms with E-state index in [1.54, 1.807) is 18.2 Å². The van der Waals surface area contributed by atoms with Crippen LogP contribution in [-0.4, -0.2) is 4.98 Å². The number of nitrogens with two attached hydrogens (primary N) is 1. The SMILES string of the molecule is FC(F)(F)c1cc(Br)cc2cccnc12.Nc1ccc(Br)cc1C(F)(F)F. The highest BCUT2D eigenvalue weighted by molar-refractivity contribution is 9.10. The first-order valence-corrected chi connectivity index (χ1v) is 8.72. The predicted octanol–water partition coefficient (Wildman–Crippen LogP) is 7.07. The Kier molecular flexibility index (Phi) is 6.41. The Morgan fingerprint density at radius 3 is 1.93 bits per heavy atom. The van der Waals surface area contributed by atoms with Crippen LogP contribution in [0.2, 0.25) is 0 Å². The fourth-order valence-corrected chi connectivity index (χ4v) is 2.98. The van der Waals surface area contributed by atoms with Crippen molar-refractivity contribution in [1.29, 1.82) is 0 Å². The molecule has 3 aromatic rings. The number of hydrogen-bond donors (Lipinski definition) is 1. The second kappa shape index (κ2) is 8.05. The predicted molar refractivity (Wildman–Crippen MR) is 98.0 cm³/mol. The molecule has 1 heterocycles. The number of alkyl halides is 6. The summed E-state index contributed by atoms with van der Waals surface area (Å²) < 4.78 is 75.1. The van der Waals surface area contributed by atoms with Crippen molar-refractivity contribution in [1.82, 2.24) is 4.98 Å². The summed E-state index contributed by atoms with van der Waals surface area (Å²) in [6.07, 6.45) is -7.41. The number of rotatable bonds is 0. The quantitative estimate of drug-likeness (QED) is 0.257. The number of fused-ring (bicyclic) bond motifs is 1. The summed E-state index contributed by atoms with van der Waals surface area (Å²) in [6.45, 7) is 0. The topological polar surface area (TPSA) is 38.9 Å². The number of pyridine rings is 1. The van der Waals surface area contributed by atoms with Crippen LogP contribution in [0, 0.1) is 0 Å². The number of aromatic nitrogens is 1. The minimum Gasteiger partial charge on any atom is -0.398 e. The first-order valence-electron chi connectivity index (χ1n) is 7.13. The number of nitrogen functional groups attached to an aromatic ring is 1. The van der Waals surface area contributed by atoms with Gasteiger partial charge < -0.3 is 5.73 Å². The number of anilines is 1. The largest absolute Gasteiger partial charge is 0.418 e. The molecule has 0 saturated heterocycles. The van der Waals surface area contributed by atoms with E-state index in [4.69, 9.17) is 5.73 Å². The van der Waals surface area contributed by atoms with E-state index in [-0.39, 0.29) is 11.2 Å². The van der Waals surface area contributed by atoms with Crippen LogP contribution in [0.25, 0.3) is 10.9 Å². The van der Waals surface area contributed by atoms with Crippen LogP contribution in [0.4, 0.5) is 32.0 Å². The Hall–Kier alpha value is -1.81. The van der Waals surface area contributed by atoms with Gasteiger partial charge in [-0.25, -0.2) is 0 Å². The standard InChI is InChI=1S/C10H5BrF3N.C7H5BrF3N/c11-7-4-6-2-1-3-15-9(6)8(5-7)10(12,13)14;8-4-1-2-6(12)5(3-4)7(9,10)11/h1-5H;1-3H,12H2. The summed E-state index contributed by atoms with van der Waals surface area (Å²) >= 11 is 5.98. The zero-order valence-corrected chi connectivity index (χ0v) is 16.3. The van der Waals surface area contributed by atoms with E-state index in [0.717, 1.165) is 12.1 Å². The van der Waals surface area contributed by atoms with Gasteiger partial charge in [0.05, 0.1) is 16.6 Å². The molecule has 10 heteroatoms. The fraction of sp³-hybridized carbons (Fsp3) is 0.118. The van der Waals surface area contributed by atoms with E-state index < -0.39 is 23.5 Å². The molecule has 0 fully saturated rings. The summed E-state index contributed by atoms with van der Waals surface area (Å²) in [5.41, 5.74) is 3.33.